The third kappa shape index (κ3) is 3.02. The summed E-state index contributed by atoms with van der Waals surface area (Å²) in [5, 5.41) is 0. The lowest BCUT2D eigenvalue weighted by Gasteiger charge is -2.44. The highest BCUT2D eigenvalue weighted by Gasteiger charge is 2.46. The molecule has 5 nitrogen and oxygen atoms in total. The van der Waals surface area contributed by atoms with E-state index >= 15 is 0 Å². The highest BCUT2D eigenvalue weighted by molar-refractivity contribution is 5.69. The summed E-state index contributed by atoms with van der Waals surface area (Å²) in [6.07, 6.45) is 3.73. The molecule has 2 heterocycles. The molecule has 2 fully saturated rings. The molecule has 18 heavy (non-hydrogen) atoms. The largest absolute Gasteiger partial charge is 0.466 e. The van der Waals surface area contributed by atoms with Crippen molar-refractivity contribution in [2.75, 3.05) is 13.2 Å². The average molecular weight is 258 g/mol. The normalized spacial score (nSPS) is 36.6. The van der Waals surface area contributed by atoms with Gasteiger partial charge < -0.3 is 9.47 Å². The van der Waals surface area contributed by atoms with Gasteiger partial charge in [-0.15, -0.1) is 0 Å². The molecule has 5 heteroatoms. The molecule has 104 valence electrons. The van der Waals surface area contributed by atoms with Crippen LogP contribution in [0.4, 0.5) is 0 Å². The summed E-state index contributed by atoms with van der Waals surface area (Å²) in [5.74, 6) is -0.502. The van der Waals surface area contributed by atoms with Gasteiger partial charge in [-0.3, -0.25) is 4.79 Å². The summed E-state index contributed by atoms with van der Waals surface area (Å²) in [5.41, 5.74) is 0. The van der Waals surface area contributed by atoms with E-state index in [1.165, 1.54) is 0 Å². The fraction of sp³-hybridized carbons (Fsp3) is 0.923. The van der Waals surface area contributed by atoms with Crippen molar-refractivity contribution >= 4 is 5.97 Å². The minimum Gasteiger partial charge on any atom is -0.466 e. The number of carbonyl (C=O) groups is 1. The molecule has 2 aliphatic rings. The molecule has 0 amide bonds. The molecule has 0 saturated carbocycles. The fourth-order valence-corrected chi connectivity index (χ4v) is 2.56. The van der Waals surface area contributed by atoms with Crippen molar-refractivity contribution in [1.29, 1.82) is 0 Å². The van der Waals surface area contributed by atoms with Crippen LogP contribution >= 0.6 is 0 Å². The highest BCUT2D eigenvalue weighted by Crippen LogP contribution is 2.40. The molecule has 1 spiro atoms. The van der Waals surface area contributed by atoms with Gasteiger partial charge in [0.05, 0.1) is 19.6 Å². The van der Waals surface area contributed by atoms with Gasteiger partial charge in [0.25, 0.3) is 0 Å². The molecule has 0 bridgehead atoms. The van der Waals surface area contributed by atoms with Crippen molar-refractivity contribution < 1.29 is 24.0 Å². The van der Waals surface area contributed by atoms with Crippen molar-refractivity contribution in [3.05, 3.63) is 0 Å². The van der Waals surface area contributed by atoms with E-state index < -0.39 is 5.79 Å². The molecule has 0 radical (unpaired) electrons. The van der Waals surface area contributed by atoms with Gasteiger partial charge in [0.15, 0.2) is 0 Å². The topological polar surface area (TPSA) is 54.0 Å². The van der Waals surface area contributed by atoms with Crippen molar-refractivity contribution in [2.24, 2.45) is 5.92 Å². The Hall–Kier alpha value is -0.650. The third-order valence-corrected chi connectivity index (χ3v) is 3.72. The Labute approximate surface area is 108 Å². The second-order valence-corrected chi connectivity index (χ2v) is 5.05. The van der Waals surface area contributed by atoms with E-state index in [1.807, 2.05) is 0 Å². The van der Waals surface area contributed by atoms with E-state index in [0.717, 1.165) is 32.3 Å². The first-order valence-corrected chi connectivity index (χ1v) is 6.80. The second kappa shape index (κ2) is 5.99. The lowest BCUT2D eigenvalue weighted by molar-refractivity contribution is -0.485. The van der Waals surface area contributed by atoms with Crippen LogP contribution in [-0.4, -0.2) is 31.1 Å². The van der Waals surface area contributed by atoms with Gasteiger partial charge in [-0.2, -0.15) is 0 Å². The zero-order valence-electron chi connectivity index (χ0n) is 11.1. The molecule has 3 unspecified atom stereocenters. The number of hydrogen-bond donors (Lipinski definition) is 0. The van der Waals surface area contributed by atoms with Gasteiger partial charge in [0.1, 0.15) is 6.10 Å². The summed E-state index contributed by atoms with van der Waals surface area (Å²) in [7, 11) is 0. The van der Waals surface area contributed by atoms with Gasteiger partial charge in [-0.05, 0) is 26.2 Å². The van der Waals surface area contributed by atoms with E-state index in [2.05, 4.69) is 6.92 Å². The Morgan fingerprint density at radius 2 is 2.28 bits per heavy atom. The van der Waals surface area contributed by atoms with Crippen LogP contribution in [0.15, 0.2) is 0 Å². The maximum atomic E-state index is 11.4. The maximum absolute atomic E-state index is 11.4. The molecular weight excluding hydrogens is 236 g/mol. The van der Waals surface area contributed by atoms with Gasteiger partial charge in [-0.1, -0.05) is 6.92 Å². The summed E-state index contributed by atoms with van der Waals surface area (Å²) in [6, 6.07) is 0. The second-order valence-electron chi connectivity index (χ2n) is 5.05. The summed E-state index contributed by atoms with van der Waals surface area (Å²) in [4.78, 5) is 22.2. The van der Waals surface area contributed by atoms with Crippen LogP contribution in [0.25, 0.3) is 0 Å². The van der Waals surface area contributed by atoms with Crippen molar-refractivity contribution in [1.82, 2.24) is 0 Å². The summed E-state index contributed by atoms with van der Waals surface area (Å²) < 4.78 is 10.7. The van der Waals surface area contributed by atoms with Crippen LogP contribution in [0.3, 0.4) is 0 Å². The standard InChI is InChI=1S/C13H22O5/c1-3-15-12(14)9-11-6-7-13(18-17-11)10(2)5-4-8-16-13/h10-11H,3-9H2,1-2H3. The Kier molecular flexibility index (Phi) is 4.59. The SMILES string of the molecule is CCOC(=O)CC1CCC2(OCCCC2C)OO1. The van der Waals surface area contributed by atoms with E-state index in [0.29, 0.717) is 12.5 Å². The van der Waals surface area contributed by atoms with E-state index in [4.69, 9.17) is 19.2 Å². The predicted molar refractivity (Wildman–Crippen MR) is 63.5 cm³/mol. The quantitative estimate of drug-likeness (QED) is 0.573. The molecule has 3 atom stereocenters. The number of ether oxygens (including phenoxy) is 2. The molecule has 0 aromatic heterocycles. The van der Waals surface area contributed by atoms with Crippen LogP contribution in [0, 0.1) is 5.92 Å². The Morgan fingerprint density at radius 3 is 2.89 bits per heavy atom. The number of hydrogen-bond acceptors (Lipinski definition) is 5. The Balaban J connectivity index is 1.82. The number of carbonyl (C=O) groups excluding carboxylic acids is 1. The van der Waals surface area contributed by atoms with Crippen LogP contribution in [0.2, 0.25) is 0 Å². The van der Waals surface area contributed by atoms with E-state index in [9.17, 15) is 4.79 Å². The van der Waals surface area contributed by atoms with Crippen LogP contribution in [0.1, 0.15) is 46.0 Å². The number of esters is 1. The minimum absolute atomic E-state index is 0.215. The van der Waals surface area contributed by atoms with Crippen LogP contribution < -0.4 is 0 Å². The summed E-state index contributed by atoms with van der Waals surface area (Å²) in [6.45, 7) is 5.03. The third-order valence-electron chi connectivity index (χ3n) is 3.72. The van der Waals surface area contributed by atoms with Gasteiger partial charge in [0.2, 0.25) is 5.79 Å². The Morgan fingerprint density at radius 1 is 1.44 bits per heavy atom. The molecule has 0 aliphatic carbocycles. The fourth-order valence-electron chi connectivity index (χ4n) is 2.56. The lowest BCUT2D eigenvalue weighted by atomic mass is 9.88. The lowest BCUT2D eigenvalue weighted by Crippen LogP contribution is -2.50. The average Bonchev–Trinajstić information content (AvgIpc) is 2.36. The molecular formula is C13H22O5. The molecule has 0 N–H and O–H groups in total. The van der Waals surface area contributed by atoms with Gasteiger partial charge in [-0.25, -0.2) is 9.78 Å². The maximum Gasteiger partial charge on any atom is 0.308 e. The van der Waals surface area contributed by atoms with Crippen molar-refractivity contribution in [2.45, 2.75) is 57.8 Å². The predicted octanol–water partition coefficient (Wildman–Crippen LogP) is 2.19. The molecule has 2 saturated heterocycles. The molecule has 2 rings (SSSR count). The van der Waals surface area contributed by atoms with Crippen molar-refractivity contribution in [3.63, 3.8) is 0 Å². The van der Waals surface area contributed by atoms with Crippen molar-refractivity contribution in [3.8, 4) is 0 Å². The minimum atomic E-state index is -0.594. The smallest absolute Gasteiger partial charge is 0.308 e. The first-order valence-electron chi connectivity index (χ1n) is 6.80. The van der Waals surface area contributed by atoms with Crippen LogP contribution in [0.5, 0.6) is 0 Å². The monoisotopic (exact) mass is 258 g/mol. The first-order chi connectivity index (χ1) is 8.66. The van der Waals surface area contributed by atoms with E-state index in [-0.39, 0.29) is 18.5 Å². The zero-order valence-corrected chi connectivity index (χ0v) is 11.1. The molecule has 0 aromatic carbocycles. The molecule has 2 aliphatic heterocycles. The summed E-state index contributed by atoms with van der Waals surface area (Å²) >= 11 is 0. The number of rotatable bonds is 3. The molecule has 0 aromatic rings. The van der Waals surface area contributed by atoms with Gasteiger partial charge >= 0.3 is 5.97 Å². The first kappa shape index (κ1) is 13.8. The van der Waals surface area contributed by atoms with E-state index in [1.54, 1.807) is 6.92 Å². The highest BCUT2D eigenvalue weighted by atomic mass is 17.2. The zero-order chi connectivity index (χ0) is 13.0. The van der Waals surface area contributed by atoms with Crippen LogP contribution in [-0.2, 0) is 24.0 Å². The van der Waals surface area contributed by atoms with Gasteiger partial charge in [0, 0.05) is 12.3 Å². The Bertz CT molecular complexity index is 283.